The highest BCUT2D eigenvalue weighted by molar-refractivity contribution is 5.88. The average molecular weight is 327 g/mol. The lowest BCUT2D eigenvalue weighted by Crippen LogP contribution is -2.21. The number of nitrogens with zero attached hydrogens (tertiary/aromatic N) is 3. The summed E-state index contributed by atoms with van der Waals surface area (Å²) in [5.74, 6) is 1.68. The SMILES string of the molecule is CCc1nc(-n2ccc(OC(C3CC3)C3CC3)n2)ccc1C(=O)O. The maximum absolute atomic E-state index is 11.2. The van der Waals surface area contributed by atoms with Crippen molar-refractivity contribution in [1.29, 1.82) is 0 Å². The van der Waals surface area contributed by atoms with Crippen molar-refractivity contribution in [3.63, 3.8) is 0 Å². The maximum atomic E-state index is 11.2. The summed E-state index contributed by atoms with van der Waals surface area (Å²) in [5.41, 5.74) is 0.805. The molecule has 2 aromatic heterocycles. The van der Waals surface area contributed by atoms with Crippen molar-refractivity contribution in [2.45, 2.75) is 45.1 Å². The van der Waals surface area contributed by atoms with E-state index in [0.29, 0.717) is 41.8 Å². The van der Waals surface area contributed by atoms with Crippen LogP contribution in [0.4, 0.5) is 0 Å². The van der Waals surface area contributed by atoms with Gasteiger partial charge in [0.15, 0.2) is 5.82 Å². The molecule has 2 saturated carbocycles. The third kappa shape index (κ3) is 3.00. The smallest absolute Gasteiger partial charge is 0.337 e. The van der Waals surface area contributed by atoms with Crippen molar-refractivity contribution in [3.8, 4) is 11.7 Å². The van der Waals surface area contributed by atoms with Gasteiger partial charge < -0.3 is 9.84 Å². The average Bonchev–Trinajstić information content (AvgIpc) is 3.51. The number of hydrogen-bond donors (Lipinski definition) is 1. The number of aromatic carboxylic acids is 1. The summed E-state index contributed by atoms with van der Waals surface area (Å²) in [6, 6.07) is 5.12. The first kappa shape index (κ1) is 15.2. The molecule has 1 N–H and O–H groups in total. The second-order valence-electron chi connectivity index (χ2n) is 6.68. The Labute approximate surface area is 140 Å². The van der Waals surface area contributed by atoms with Gasteiger partial charge in [0.25, 0.3) is 0 Å². The van der Waals surface area contributed by atoms with Crippen LogP contribution in [0.1, 0.15) is 48.7 Å². The minimum absolute atomic E-state index is 0.243. The van der Waals surface area contributed by atoms with Gasteiger partial charge in [-0.1, -0.05) is 6.92 Å². The van der Waals surface area contributed by atoms with E-state index in [1.807, 2.05) is 19.2 Å². The summed E-state index contributed by atoms with van der Waals surface area (Å²) in [6.45, 7) is 1.89. The van der Waals surface area contributed by atoms with E-state index < -0.39 is 5.97 Å². The van der Waals surface area contributed by atoms with Crippen LogP contribution in [-0.4, -0.2) is 31.9 Å². The van der Waals surface area contributed by atoms with Crippen molar-refractivity contribution in [1.82, 2.24) is 14.8 Å². The van der Waals surface area contributed by atoms with Crippen LogP contribution in [0.25, 0.3) is 5.82 Å². The zero-order chi connectivity index (χ0) is 16.7. The molecule has 0 bridgehead atoms. The number of aromatic nitrogens is 3. The third-order valence-corrected chi connectivity index (χ3v) is 4.75. The molecule has 0 saturated heterocycles. The monoisotopic (exact) mass is 327 g/mol. The molecule has 0 unspecified atom stereocenters. The van der Waals surface area contributed by atoms with Crippen molar-refractivity contribution < 1.29 is 14.6 Å². The first-order valence-corrected chi connectivity index (χ1v) is 8.61. The molecule has 2 aliphatic rings. The largest absolute Gasteiger partial charge is 0.478 e. The van der Waals surface area contributed by atoms with E-state index >= 15 is 0 Å². The van der Waals surface area contributed by atoms with Crippen molar-refractivity contribution in [3.05, 3.63) is 35.7 Å². The maximum Gasteiger partial charge on any atom is 0.337 e. The standard InChI is InChI=1S/C18H21N3O3/c1-2-14-13(18(22)23)7-8-15(19-14)21-10-9-16(20-21)24-17(11-3-4-11)12-5-6-12/h7-12,17H,2-6H2,1H3,(H,22,23). The number of ether oxygens (including phenoxy) is 1. The Balaban J connectivity index is 1.54. The van der Waals surface area contributed by atoms with Gasteiger partial charge in [-0.2, -0.15) is 0 Å². The lowest BCUT2D eigenvalue weighted by molar-refractivity contribution is 0.0695. The number of carboxylic acids is 1. The fraction of sp³-hybridized carbons (Fsp3) is 0.500. The highest BCUT2D eigenvalue weighted by Crippen LogP contribution is 2.46. The minimum Gasteiger partial charge on any atom is -0.478 e. The van der Waals surface area contributed by atoms with Crippen LogP contribution < -0.4 is 4.74 Å². The van der Waals surface area contributed by atoms with Gasteiger partial charge in [-0.15, -0.1) is 5.10 Å². The number of pyridine rings is 1. The van der Waals surface area contributed by atoms with E-state index in [1.54, 1.807) is 16.8 Å². The quantitative estimate of drug-likeness (QED) is 0.845. The molecule has 126 valence electrons. The predicted octanol–water partition coefficient (Wildman–Crippen LogP) is 3.10. The predicted molar refractivity (Wildman–Crippen MR) is 87.6 cm³/mol. The number of hydrogen-bond acceptors (Lipinski definition) is 4. The van der Waals surface area contributed by atoms with E-state index in [4.69, 9.17) is 4.74 Å². The first-order valence-electron chi connectivity index (χ1n) is 8.61. The minimum atomic E-state index is -0.952. The molecule has 0 atom stereocenters. The zero-order valence-corrected chi connectivity index (χ0v) is 13.7. The van der Waals surface area contributed by atoms with Gasteiger partial charge in [0.1, 0.15) is 6.10 Å². The molecule has 2 aromatic rings. The molecule has 6 heteroatoms. The van der Waals surface area contributed by atoms with E-state index in [1.165, 1.54) is 25.7 Å². The Hall–Kier alpha value is -2.37. The Bertz CT molecular complexity index is 751. The van der Waals surface area contributed by atoms with Crippen LogP contribution in [0.3, 0.4) is 0 Å². The second kappa shape index (κ2) is 5.92. The summed E-state index contributed by atoms with van der Waals surface area (Å²) in [7, 11) is 0. The molecule has 4 rings (SSSR count). The summed E-state index contributed by atoms with van der Waals surface area (Å²) < 4.78 is 7.78. The van der Waals surface area contributed by atoms with Gasteiger partial charge in [-0.25, -0.2) is 14.5 Å². The first-order chi connectivity index (χ1) is 11.7. The van der Waals surface area contributed by atoms with Crippen molar-refractivity contribution >= 4 is 5.97 Å². The molecule has 6 nitrogen and oxygen atoms in total. The topological polar surface area (TPSA) is 77.2 Å². The van der Waals surface area contributed by atoms with Gasteiger partial charge in [-0.05, 0) is 56.1 Å². The van der Waals surface area contributed by atoms with E-state index in [9.17, 15) is 9.90 Å². The van der Waals surface area contributed by atoms with Crippen molar-refractivity contribution in [2.24, 2.45) is 11.8 Å². The molecule has 0 spiro atoms. The van der Waals surface area contributed by atoms with Crippen LogP contribution in [0.5, 0.6) is 5.88 Å². The molecule has 2 fully saturated rings. The van der Waals surface area contributed by atoms with Gasteiger partial charge in [0.2, 0.25) is 5.88 Å². The lowest BCUT2D eigenvalue weighted by Gasteiger charge is -2.15. The number of rotatable bonds is 7. The van der Waals surface area contributed by atoms with Gasteiger partial charge in [-0.3, -0.25) is 0 Å². The van der Waals surface area contributed by atoms with Crippen LogP contribution in [0, 0.1) is 11.8 Å². The lowest BCUT2D eigenvalue weighted by atomic mass is 10.1. The number of carboxylic acid groups (broad SMARTS) is 1. The highest BCUT2D eigenvalue weighted by atomic mass is 16.5. The van der Waals surface area contributed by atoms with Crippen molar-refractivity contribution in [2.75, 3.05) is 0 Å². The second-order valence-corrected chi connectivity index (χ2v) is 6.68. The van der Waals surface area contributed by atoms with Gasteiger partial charge in [0, 0.05) is 12.3 Å². The molecule has 0 amide bonds. The molecule has 0 aromatic carbocycles. The highest BCUT2D eigenvalue weighted by Gasteiger charge is 2.43. The Morgan fingerprint density at radius 2 is 2.00 bits per heavy atom. The summed E-state index contributed by atoms with van der Waals surface area (Å²) in [5, 5.41) is 13.7. The van der Waals surface area contributed by atoms with Gasteiger partial charge in [0.05, 0.1) is 11.3 Å². The van der Waals surface area contributed by atoms with E-state index in [-0.39, 0.29) is 5.56 Å². The molecule has 0 aliphatic heterocycles. The summed E-state index contributed by atoms with van der Waals surface area (Å²) in [6.07, 6.45) is 7.74. The molecular formula is C18H21N3O3. The van der Waals surface area contributed by atoms with Crippen LogP contribution in [0.2, 0.25) is 0 Å². The summed E-state index contributed by atoms with van der Waals surface area (Å²) in [4.78, 5) is 15.6. The zero-order valence-electron chi connectivity index (χ0n) is 13.7. The summed E-state index contributed by atoms with van der Waals surface area (Å²) >= 11 is 0. The fourth-order valence-corrected chi connectivity index (χ4v) is 3.15. The molecular weight excluding hydrogens is 306 g/mol. The van der Waals surface area contributed by atoms with E-state index in [2.05, 4.69) is 10.1 Å². The molecule has 2 heterocycles. The fourth-order valence-electron chi connectivity index (χ4n) is 3.15. The molecule has 24 heavy (non-hydrogen) atoms. The Morgan fingerprint density at radius 1 is 1.29 bits per heavy atom. The van der Waals surface area contributed by atoms with Crippen LogP contribution >= 0.6 is 0 Å². The number of aryl methyl sites for hydroxylation is 1. The van der Waals surface area contributed by atoms with E-state index in [0.717, 1.165) is 0 Å². The normalized spacial score (nSPS) is 17.2. The third-order valence-electron chi connectivity index (χ3n) is 4.75. The van der Waals surface area contributed by atoms with Gasteiger partial charge >= 0.3 is 5.97 Å². The molecule has 2 aliphatic carbocycles. The van der Waals surface area contributed by atoms with Crippen LogP contribution in [-0.2, 0) is 6.42 Å². The Kier molecular flexibility index (Phi) is 3.75. The molecule has 0 radical (unpaired) electrons. The Morgan fingerprint density at radius 3 is 2.58 bits per heavy atom. The van der Waals surface area contributed by atoms with Crippen LogP contribution in [0.15, 0.2) is 24.4 Å². The number of carbonyl (C=O) groups is 1.